The minimum absolute atomic E-state index is 0.00588. The van der Waals surface area contributed by atoms with E-state index in [2.05, 4.69) is 5.32 Å². The van der Waals surface area contributed by atoms with Gasteiger partial charge in [-0.3, -0.25) is 4.79 Å². The Bertz CT molecular complexity index is 1660. The summed E-state index contributed by atoms with van der Waals surface area (Å²) in [6.45, 7) is 5.47. The minimum Gasteiger partial charge on any atom is -0.508 e. The molecule has 14 heteroatoms. The molecule has 2 N–H and O–H groups in total. The van der Waals surface area contributed by atoms with Gasteiger partial charge < -0.3 is 29.9 Å². The number of phenols is 1. The highest BCUT2D eigenvalue weighted by Gasteiger charge is 2.37. The van der Waals surface area contributed by atoms with Crippen molar-refractivity contribution in [3.63, 3.8) is 0 Å². The Kier molecular flexibility index (Phi) is 11.0. The molecule has 12 nitrogen and oxygen atoms in total. The minimum atomic E-state index is -3.18. The number of aromatic hydroxyl groups is 1. The number of fused-ring (bicyclic) bond motifs is 1. The number of carbonyl (C=O) groups excluding carboxylic acids is 3. The zero-order valence-electron chi connectivity index (χ0n) is 29.5. The van der Waals surface area contributed by atoms with E-state index in [4.69, 9.17) is 4.74 Å². The van der Waals surface area contributed by atoms with E-state index in [9.17, 15) is 27.9 Å². The number of para-hydroxylation sites is 1. The third kappa shape index (κ3) is 8.23. The largest absolute Gasteiger partial charge is 0.508 e. The fourth-order valence-electron chi connectivity index (χ4n) is 8.33. The van der Waals surface area contributed by atoms with Crippen LogP contribution in [0.5, 0.6) is 5.75 Å². The highest BCUT2D eigenvalue weighted by molar-refractivity contribution is 7.88. The first kappa shape index (κ1) is 36.0. The standard InChI is InChI=1S/C36H50BN5O7S/c1-24-21-25(22-30(37)33(24)43)23-32(34(44)39-14-7-26(8-15-39)27-9-18-41(19-10-27)50(2,47)48)49-36(46)40-16-12-29(13-17-40)42-20-11-28-5-3-4-6-31(28)38-35(42)45/h3-6,21-22,26-27,29,32,43H,7-20,23,37H2,1-2H3,(H,38,45)/t32-/m1/s1. The number of nitrogens with zero attached hydrogens (tertiary/aromatic N) is 4. The van der Waals surface area contributed by atoms with Gasteiger partial charge in [-0.1, -0.05) is 30.3 Å². The highest BCUT2D eigenvalue weighted by atomic mass is 32.2. The van der Waals surface area contributed by atoms with Crippen molar-refractivity contribution in [2.75, 3.05) is 57.4 Å². The first-order valence-electron chi connectivity index (χ1n) is 18.0. The second-order valence-corrected chi connectivity index (χ2v) is 16.5. The number of urea groups is 1. The van der Waals surface area contributed by atoms with E-state index in [1.165, 1.54) is 6.26 Å². The first-order valence-corrected chi connectivity index (χ1v) is 19.9. The third-order valence-electron chi connectivity index (χ3n) is 11.3. The molecule has 1 atom stereocenters. The van der Waals surface area contributed by atoms with Crippen LogP contribution in [0.1, 0.15) is 55.2 Å². The molecular weight excluding hydrogens is 657 g/mol. The lowest BCUT2D eigenvalue weighted by Gasteiger charge is -2.40. The number of anilines is 1. The van der Waals surface area contributed by atoms with Crippen LogP contribution in [0.4, 0.5) is 15.3 Å². The van der Waals surface area contributed by atoms with Crippen molar-refractivity contribution in [2.24, 2.45) is 11.8 Å². The van der Waals surface area contributed by atoms with Gasteiger partial charge in [0.25, 0.3) is 5.91 Å². The summed E-state index contributed by atoms with van der Waals surface area (Å²) in [7, 11) is -1.37. The number of hydrogen-bond donors (Lipinski definition) is 2. The Balaban J connectivity index is 1.07. The van der Waals surface area contributed by atoms with Crippen molar-refractivity contribution in [3.8, 4) is 5.75 Å². The smallest absolute Gasteiger partial charge is 0.410 e. The normalized spacial score (nSPS) is 20.9. The van der Waals surface area contributed by atoms with E-state index in [0.717, 1.165) is 48.9 Å². The van der Waals surface area contributed by atoms with Crippen LogP contribution in [0.25, 0.3) is 0 Å². The van der Waals surface area contributed by atoms with Gasteiger partial charge in [0.2, 0.25) is 10.0 Å². The molecule has 0 unspecified atom stereocenters. The number of rotatable bonds is 7. The molecule has 0 bridgehead atoms. The van der Waals surface area contributed by atoms with Crippen molar-refractivity contribution in [2.45, 2.75) is 70.4 Å². The molecule has 270 valence electrons. The van der Waals surface area contributed by atoms with Gasteiger partial charge in [0.1, 0.15) is 13.6 Å². The van der Waals surface area contributed by atoms with Crippen molar-refractivity contribution in [1.82, 2.24) is 19.0 Å². The molecule has 4 aliphatic rings. The van der Waals surface area contributed by atoms with Crippen LogP contribution in [0.15, 0.2) is 36.4 Å². The Morgan fingerprint density at radius 1 is 0.940 bits per heavy atom. The molecule has 50 heavy (non-hydrogen) atoms. The molecule has 0 aromatic heterocycles. The number of sulfonamides is 1. The van der Waals surface area contributed by atoms with Gasteiger partial charge in [0.05, 0.1) is 6.26 Å². The van der Waals surface area contributed by atoms with Gasteiger partial charge in [-0.05, 0) is 91.9 Å². The van der Waals surface area contributed by atoms with Crippen molar-refractivity contribution >= 4 is 47.1 Å². The second-order valence-electron chi connectivity index (χ2n) is 14.6. The lowest BCUT2D eigenvalue weighted by atomic mass is 9.79. The Hall–Kier alpha value is -3.78. The molecule has 4 aliphatic heterocycles. The predicted octanol–water partition coefficient (Wildman–Crippen LogP) is 2.47. The number of hydrogen-bond acceptors (Lipinski definition) is 7. The number of amides is 4. The fraction of sp³-hybridized carbons (Fsp3) is 0.583. The molecule has 2 aromatic rings. The summed E-state index contributed by atoms with van der Waals surface area (Å²) in [6, 6.07) is 11.4. The topological polar surface area (TPSA) is 140 Å². The summed E-state index contributed by atoms with van der Waals surface area (Å²) < 4.78 is 31.5. The van der Waals surface area contributed by atoms with Gasteiger partial charge in [0.15, 0.2) is 6.10 Å². The Morgan fingerprint density at radius 2 is 1.56 bits per heavy atom. The average molecular weight is 708 g/mol. The maximum atomic E-state index is 14.1. The van der Waals surface area contributed by atoms with Crippen molar-refractivity contribution < 1.29 is 32.6 Å². The molecule has 4 amide bonds. The molecule has 4 heterocycles. The van der Waals surface area contributed by atoms with Crippen LogP contribution >= 0.6 is 0 Å². The van der Waals surface area contributed by atoms with Crippen molar-refractivity contribution in [3.05, 3.63) is 53.1 Å². The number of aryl methyl sites for hydroxylation is 1. The number of nitrogens with one attached hydrogen (secondary N) is 1. The number of phenolic OH excluding ortho intramolecular Hbond substituents is 1. The van der Waals surface area contributed by atoms with Crippen molar-refractivity contribution in [1.29, 1.82) is 0 Å². The molecule has 6 rings (SSSR count). The summed E-state index contributed by atoms with van der Waals surface area (Å²) >= 11 is 0. The van der Waals surface area contributed by atoms with E-state index in [0.29, 0.717) is 81.5 Å². The molecule has 3 saturated heterocycles. The molecule has 3 fully saturated rings. The molecule has 0 spiro atoms. The Labute approximate surface area is 296 Å². The van der Waals surface area contributed by atoms with Crippen LogP contribution in [0.3, 0.4) is 0 Å². The average Bonchev–Trinajstić information content (AvgIpc) is 3.27. The number of likely N-dealkylation sites (tertiary alicyclic amines) is 2. The van der Waals surface area contributed by atoms with Crippen LogP contribution in [0, 0.1) is 18.8 Å². The lowest BCUT2D eigenvalue weighted by Crippen LogP contribution is -2.52. The van der Waals surface area contributed by atoms with E-state index >= 15 is 0 Å². The van der Waals surface area contributed by atoms with Crippen LogP contribution < -0.4 is 10.8 Å². The van der Waals surface area contributed by atoms with Crippen LogP contribution in [0.2, 0.25) is 0 Å². The van der Waals surface area contributed by atoms with Gasteiger partial charge in [0, 0.05) is 64.0 Å². The zero-order chi connectivity index (χ0) is 35.6. The summed E-state index contributed by atoms with van der Waals surface area (Å²) in [5.41, 5.74) is 4.16. The maximum absolute atomic E-state index is 14.1. The number of benzene rings is 2. The van der Waals surface area contributed by atoms with Crippen LogP contribution in [-0.4, -0.2) is 123 Å². The van der Waals surface area contributed by atoms with Gasteiger partial charge in [-0.25, -0.2) is 22.3 Å². The highest BCUT2D eigenvalue weighted by Crippen LogP contribution is 2.34. The zero-order valence-corrected chi connectivity index (χ0v) is 30.3. The molecule has 0 saturated carbocycles. The van der Waals surface area contributed by atoms with E-state index in [1.54, 1.807) is 9.21 Å². The predicted molar refractivity (Wildman–Crippen MR) is 194 cm³/mol. The SMILES string of the molecule is Bc1cc(C[C@@H](OC(=O)N2CCC(N3CCc4ccccc4NC3=O)CC2)C(=O)N2CCC(C3CCN(S(C)(=O)=O)CC3)CC2)cc(C)c1O. The number of ether oxygens (including phenoxy) is 1. The van der Waals surface area contributed by atoms with E-state index in [1.807, 2.05) is 61.0 Å². The van der Waals surface area contributed by atoms with E-state index in [-0.39, 0.29) is 30.2 Å². The second kappa shape index (κ2) is 15.2. The summed E-state index contributed by atoms with van der Waals surface area (Å²) in [6.07, 6.45) is 5.22. The van der Waals surface area contributed by atoms with Gasteiger partial charge in [-0.2, -0.15) is 0 Å². The van der Waals surface area contributed by atoms with Crippen LogP contribution in [-0.2, 0) is 32.4 Å². The van der Waals surface area contributed by atoms with E-state index < -0.39 is 22.2 Å². The molecule has 0 radical (unpaired) electrons. The number of piperidine rings is 3. The monoisotopic (exact) mass is 707 g/mol. The maximum Gasteiger partial charge on any atom is 0.410 e. The molecular formula is C36H50BN5O7S. The van der Waals surface area contributed by atoms with Gasteiger partial charge >= 0.3 is 12.1 Å². The molecule has 0 aliphatic carbocycles. The summed E-state index contributed by atoms with van der Waals surface area (Å²) in [5.74, 6) is 0.844. The fourth-order valence-corrected chi connectivity index (χ4v) is 9.20. The third-order valence-corrected chi connectivity index (χ3v) is 12.6. The molecule has 2 aromatic carbocycles. The Morgan fingerprint density at radius 3 is 2.20 bits per heavy atom. The first-order chi connectivity index (χ1) is 23.9. The summed E-state index contributed by atoms with van der Waals surface area (Å²) in [4.78, 5) is 46.1. The lowest BCUT2D eigenvalue weighted by molar-refractivity contribution is -0.142. The summed E-state index contributed by atoms with van der Waals surface area (Å²) in [5, 5.41) is 13.4. The quantitative estimate of drug-likeness (QED) is 0.422. The number of carbonyl (C=O) groups is 3. The van der Waals surface area contributed by atoms with Gasteiger partial charge in [-0.15, -0.1) is 0 Å².